The average molecular weight is 215 g/mol. The van der Waals surface area contributed by atoms with E-state index in [4.69, 9.17) is 11.8 Å². The van der Waals surface area contributed by atoms with E-state index in [0.717, 1.165) is 13.2 Å². The number of hydrogen-bond acceptors (Lipinski definition) is 1. The van der Waals surface area contributed by atoms with Gasteiger partial charge in [0.25, 0.3) is 16.1 Å². The van der Waals surface area contributed by atoms with Crippen molar-refractivity contribution in [1.82, 2.24) is 5.32 Å². The van der Waals surface area contributed by atoms with E-state index in [-0.39, 0.29) is 5.54 Å². The molecule has 1 fully saturated rings. The molecule has 54 valence electrons. The van der Waals surface area contributed by atoms with Crippen molar-refractivity contribution in [3.63, 3.8) is 0 Å². The Morgan fingerprint density at radius 2 is 2.22 bits per heavy atom. The summed E-state index contributed by atoms with van der Waals surface area (Å²) in [5.74, 6) is 0. The summed E-state index contributed by atoms with van der Waals surface area (Å²) in [5, 5.41) is 3.20. The monoisotopic (exact) mass is 213 g/mol. The number of nitrogens with one attached hydrogen (secondary N) is 1. The Kier molecular flexibility index (Phi) is 1.81. The smallest absolute Gasteiger partial charge is 0.250 e. The van der Waals surface area contributed by atoms with Crippen molar-refractivity contribution >= 4 is 27.9 Å². The van der Waals surface area contributed by atoms with Crippen LogP contribution in [0.4, 0.5) is 0 Å². The average Bonchev–Trinajstić information content (AvgIpc) is 1.81. The van der Waals surface area contributed by atoms with Crippen LogP contribution in [0.3, 0.4) is 0 Å². The van der Waals surface area contributed by atoms with Gasteiger partial charge in [0.1, 0.15) is 5.54 Å². The predicted molar refractivity (Wildman–Crippen MR) is 42.0 cm³/mol. The molecule has 0 aliphatic carbocycles. The lowest BCUT2D eigenvalue weighted by Gasteiger charge is -2.27. The van der Waals surface area contributed by atoms with Gasteiger partial charge in [0.2, 0.25) is 0 Å². The quantitative estimate of drug-likeness (QED) is 0.604. The minimum atomic E-state index is 0.0988. The largest absolute Gasteiger partial charge is 0.262 e. The predicted octanol–water partition coefficient (Wildman–Crippen LogP) is 1.61. The van der Waals surface area contributed by atoms with Crippen molar-refractivity contribution in [3.05, 3.63) is 0 Å². The zero-order valence-corrected chi connectivity index (χ0v) is 7.96. The van der Waals surface area contributed by atoms with Gasteiger partial charge in [0.05, 0.1) is 6.54 Å². The summed E-state index contributed by atoms with van der Waals surface area (Å²) in [6.07, 6.45) is 0. The Morgan fingerprint density at radius 1 is 1.67 bits per heavy atom. The summed E-state index contributed by atoms with van der Waals surface area (Å²) < 4.78 is 0.375. The molecule has 1 rings (SSSR count). The van der Waals surface area contributed by atoms with Crippen LogP contribution in [0.2, 0.25) is 0 Å². The lowest BCUT2D eigenvalue weighted by atomic mass is 10.1. The fourth-order valence-electron chi connectivity index (χ4n) is 0.832. The first-order valence-electron chi connectivity index (χ1n) is 2.94. The molecule has 1 N–H and O–H groups in total. The van der Waals surface area contributed by atoms with E-state index >= 15 is 0 Å². The van der Waals surface area contributed by atoms with E-state index in [1.54, 1.807) is 0 Å². The van der Waals surface area contributed by atoms with Crippen LogP contribution >= 0.6 is 27.9 Å². The van der Waals surface area contributed by atoms with Crippen molar-refractivity contribution in [2.45, 2.75) is 19.4 Å². The van der Waals surface area contributed by atoms with Crippen molar-refractivity contribution in [2.75, 3.05) is 13.2 Å². The van der Waals surface area contributed by atoms with E-state index < -0.39 is 0 Å². The van der Waals surface area contributed by atoms with Gasteiger partial charge in [-0.15, -0.1) is 3.03 Å². The Hall–Kier alpha value is 0.690. The van der Waals surface area contributed by atoms with Gasteiger partial charge in [-0.3, -0.25) is 5.32 Å². The van der Waals surface area contributed by atoms with Crippen molar-refractivity contribution in [2.24, 2.45) is 0 Å². The molecule has 0 spiro atoms. The Morgan fingerprint density at radius 3 is 2.33 bits per heavy atom. The molecule has 0 bridgehead atoms. The number of hydrogen-bond donors (Lipinski definition) is 1. The van der Waals surface area contributed by atoms with Crippen LogP contribution in [0, 0.1) is 0 Å². The maximum absolute atomic E-state index is 6.05. The van der Waals surface area contributed by atoms with Gasteiger partial charge in [-0.1, -0.05) is 0 Å². The second kappa shape index (κ2) is 2.09. The van der Waals surface area contributed by atoms with Gasteiger partial charge >= 0.3 is 0 Å². The highest BCUT2D eigenvalue weighted by Crippen LogP contribution is 2.35. The molecule has 1 unspecified atom stereocenters. The molecule has 1 aliphatic rings. The van der Waals surface area contributed by atoms with E-state index in [9.17, 15) is 0 Å². The molecule has 0 saturated carbocycles. The lowest BCUT2D eigenvalue weighted by molar-refractivity contribution is -0.697. The highest BCUT2D eigenvalue weighted by atomic mass is 79.9. The SMILES string of the molecule is CC1(C)CNC[N+]1(Cl)Br. The van der Waals surface area contributed by atoms with Gasteiger partial charge in [-0.25, -0.2) is 0 Å². The second-order valence-electron chi connectivity index (χ2n) is 3.03. The first-order valence-corrected chi connectivity index (χ1v) is 3.99. The van der Waals surface area contributed by atoms with E-state index in [1.165, 1.54) is 0 Å². The maximum Gasteiger partial charge on any atom is 0.250 e. The molecule has 4 heteroatoms. The fraction of sp³-hybridized carbons (Fsp3) is 1.00. The van der Waals surface area contributed by atoms with Crippen LogP contribution in [0.5, 0.6) is 0 Å². The minimum Gasteiger partial charge on any atom is -0.262 e. The third kappa shape index (κ3) is 1.24. The first-order chi connectivity index (χ1) is 3.96. The zero-order valence-electron chi connectivity index (χ0n) is 5.62. The van der Waals surface area contributed by atoms with Crippen LogP contribution in [0.15, 0.2) is 0 Å². The third-order valence-electron chi connectivity index (χ3n) is 1.75. The zero-order chi connectivity index (χ0) is 7.12. The summed E-state index contributed by atoms with van der Waals surface area (Å²) in [6, 6.07) is 0. The molecule has 0 aromatic heterocycles. The van der Waals surface area contributed by atoms with Crippen molar-refractivity contribution in [3.8, 4) is 0 Å². The molecule has 0 aromatic rings. The van der Waals surface area contributed by atoms with Crippen LogP contribution < -0.4 is 5.32 Å². The standard InChI is InChI=1S/C5H11BrClN2/c1-5(2)3-8-4-9(5,6)7/h8H,3-4H2,1-2H3/q+1. The van der Waals surface area contributed by atoms with Crippen molar-refractivity contribution < 1.29 is 3.03 Å². The molecule has 9 heavy (non-hydrogen) atoms. The second-order valence-corrected chi connectivity index (χ2v) is 5.22. The first kappa shape index (κ1) is 7.79. The minimum absolute atomic E-state index is 0.0988. The highest BCUT2D eigenvalue weighted by Gasteiger charge is 2.47. The van der Waals surface area contributed by atoms with Gasteiger partial charge in [0.15, 0.2) is 18.4 Å². The molecule has 0 amide bonds. The molecular weight excluding hydrogens is 203 g/mol. The number of rotatable bonds is 0. The number of quaternary nitrogens is 1. The third-order valence-corrected chi connectivity index (χ3v) is 3.54. The highest BCUT2D eigenvalue weighted by molar-refractivity contribution is 9.05. The van der Waals surface area contributed by atoms with Gasteiger partial charge < -0.3 is 0 Å². The van der Waals surface area contributed by atoms with Gasteiger partial charge in [0, 0.05) is 0 Å². The normalized spacial score (nSPS) is 41.3. The Labute approximate surface area is 69.2 Å². The molecule has 0 radical (unpaired) electrons. The Bertz CT molecular complexity index is 110. The van der Waals surface area contributed by atoms with Crippen molar-refractivity contribution in [1.29, 1.82) is 0 Å². The Balaban J connectivity index is 2.75. The van der Waals surface area contributed by atoms with E-state index in [0.29, 0.717) is 3.03 Å². The van der Waals surface area contributed by atoms with Crippen LogP contribution in [-0.2, 0) is 0 Å². The lowest BCUT2D eigenvalue weighted by Crippen LogP contribution is -2.42. The molecule has 2 nitrogen and oxygen atoms in total. The maximum atomic E-state index is 6.05. The molecule has 1 aliphatic heterocycles. The topological polar surface area (TPSA) is 12.0 Å². The summed E-state index contributed by atoms with van der Waals surface area (Å²) in [6.45, 7) is 5.99. The molecule has 0 aromatic carbocycles. The summed E-state index contributed by atoms with van der Waals surface area (Å²) >= 11 is 9.46. The van der Waals surface area contributed by atoms with Gasteiger partial charge in [-0.05, 0) is 13.8 Å². The fourth-order valence-corrected chi connectivity index (χ4v) is 1.28. The summed E-state index contributed by atoms with van der Waals surface area (Å²) in [5.41, 5.74) is 0.0988. The molecule has 1 saturated heterocycles. The molecule has 1 atom stereocenters. The number of halogens is 2. The van der Waals surface area contributed by atoms with Crippen LogP contribution in [-0.4, -0.2) is 21.8 Å². The van der Waals surface area contributed by atoms with Crippen LogP contribution in [0.25, 0.3) is 0 Å². The molecule has 1 heterocycles. The van der Waals surface area contributed by atoms with E-state index in [2.05, 4.69) is 35.3 Å². The van der Waals surface area contributed by atoms with Gasteiger partial charge in [-0.2, -0.15) is 0 Å². The molecular formula is C5H11BrClN2+. The summed E-state index contributed by atoms with van der Waals surface area (Å²) in [7, 11) is 0. The summed E-state index contributed by atoms with van der Waals surface area (Å²) in [4.78, 5) is 0. The van der Waals surface area contributed by atoms with Crippen LogP contribution in [0.1, 0.15) is 13.8 Å². The van der Waals surface area contributed by atoms with E-state index in [1.807, 2.05) is 0 Å². The number of nitrogens with zero attached hydrogens (tertiary/aromatic N) is 1.